The number of pyridine rings is 1. The Kier molecular flexibility index (Phi) is 14.2. The molecule has 9 nitrogen and oxygen atoms in total. The number of methoxy groups -OCH3 is 1. The fourth-order valence-corrected chi connectivity index (χ4v) is 9.92. The van der Waals surface area contributed by atoms with E-state index in [0.29, 0.717) is 6.61 Å². The van der Waals surface area contributed by atoms with E-state index in [1.165, 1.54) is 0 Å². The second kappa shape index (κ2) is 15.2. The van der Waals surface area contributed by atoms with Gasteiger partial charge in [0.2, 0.25) is 0 Å². The highest BCUT2D eigenvalue weighted by Crippen LogP contribution is 2.72. The maximum Gasteiger partial charge on any atom is 0.346 e. The predicted molar refractivity (Wildman–Crippen MR) is 161 cm³/mol. The van der Waals surface area contributed by atoms with Crippen LogP contribution in [0.3, 0.4) is 0 Å². The second-order valence-electron chi connectivity index (χ2n) is 13.0. The molecule has 1 heterocycles. The van der Waals surface area contributed by atoms with Gasteiger partial charge in [-0.2, -0.15) is 0 Å². The molecule has 1 aromatic rings. The Balaban J connectivity index is 3.92. The van der Waals surface area contributed by atoms with E-state index in [1.807, 2.05) is 26.0 Å². The van der Waals surface area contributed by atoms with Crippen molar-refractivity contribution in [1.29, 1.82) is 0 Å². The van der Waals surface area contributed by atoms with Crippen LogP contribution in [-0.4, -0.2) is 55.3 Å². The summed E-state index contributed by atoms with van der Waals surface area (Å²) in [6.45, 7) is 25.1. The smallest absolute Gasteiger partial charge is 0.346 e. The maximum absolute atomic E-state index is 14.7. The quantitative estimate of drug-likeness (QED) is 0.0984. The van der Waals surface area contributed by atoms with Gasteiger partial charge in [0, 0.05) is 29.3 Å². The first kappa shape index (κ1) is 37.4. The lowest BCUT2D eigenvalue weighted by molar-refractivity contribution is -0.0457. The zero-order valence-corrected chi connectivity index (χ0v) is 29.1. The van der Waals surface area contributed by atoms with E-state index in [1.54, 1.807) is 62.5 Å². The van der Waals surface area contributed by atoms with Gasteiger partial charge in [0.05, 0.1) is 31.0 Å². The molecule has 0 aromatic carbocycles. The van der Waals surface area contributed by atoms with Crippen molar-refractivity contribution in [2.24, 2.45) is 0 Å². The molecule has 0 bridgehead atoms. The first-order valence-corrected chi connectivity index (χ1v) is 17.4. The first-order chi connectivity index (χ1) is 18.1. The Hall–Kier alpha value is -0.630. The van der Waals surface area contributed by atoms with Crippen LogP contribution in [0.4, 0.5) is 0 Å². The van der Waals surface area contributed by atoms with Crippen LogP contribution in [-0.2, 0) is 53.9 Å². The number of hydrogen-bond acceptors (Lipinski definition) is 9. The highest BCUT2D eigenvalue weighted by Gasteiger charge is 2.53. The van der Waals surface area contributed by atoms with Crippen LogP contribution < -0.4 is 0 Å². The molecule has 0 saturated heterocycles. The van der Waals surface area contributed by atoms with Crippen molar-refractivity contribution in [3.63, 3.8) is 0 Å². The van der Waals surface area contributed by atoms with Gasteiger partial charge in [-0.05, 0) is 79.5 Å². The Morgan fingerprint density at radius 1 is 0.725 bits per heavy atom. The average molecular weight is 608 g/mol. The standard InChI is InChI=1S/C29H55NO8P2/c1-20(2)35-39(31,36-21(3)4)27(40(32,37-22(5)6)38-23(7)8)17-24-15-25(28(9,10)11)30-26(16-24)29(12,13)18-34-19-33-14/h15-16,20-23,27H,17-19H2,1-14H3. The monoisotopic (exact) mass is 607 g/mol. The summed E-state index contributed by atoms with van der Waals surface area (Å²) in [6.07, 6.45) is -1.73. The van der Waals surface area contributed by atoms with Crippen LogP contribution in [0.25, 0.3) is 0 Å². The second-order valence-corrected chi connectivity index (χ2v) is 17.7. The molecule has 0 amide bonds. The van der Waals surface area contributed by atoms with Gasteiger partial charge in [-0.25, -0.2) is 0 Å². The number of hydrogen-bond donors (Lipinski definition) is 0. The summed E-state index contributed by atoms with van der Waals surface area (Å²) in [5, 5.41) is -1.20. The zero-order valence-electron chi connectivity index (χ0n) is 27.3. The molecular weight excluding hydrogens is 552 g/mol. The third-order valence-corrected chi connectivity index (χ3v) is 12.0. The molecule has 0 aliphatic heterocycles. The summed E-state index contributed by atoms with van der Waals surface area (Å²) in [6, 6.07) is 3.91. The van der Waals surface area contributed by atoms with E-state index >= 15 is 0 Å². The third-order valence-electron chi connectivity index (χ3n) is 5.59. The van der Waals surface area contributed by atoms with Gasteiger partial charge in [0.1, 0.15) is 6.79 Å². The third kappa shape index (κ3) is 11.6. The first-order valence-electron chi connectivity index (χ1n) is 14.2. The van der Waals surface area contributed by atoms with Crippen LogP contribution in [0.5, 0.6) is 0 Å². The van der Waals surface area contributed by atoms with Gasteiger partial charge in [-0.3, -0.25) is 14.1 Å². The Morgan fingerprint density at radius 2 is 1.12 bits per heavy atom. The molecule has 11 heteroatoms. The number of nitrogens with zero attached hydrogens (tertiary/aromatic N) is 1. The van der Waals surface area contributed by atoms with Crippen molar-refractivity contribution >= 4 is 15.2 Å². The minimum Gasteiger partial charge on any atom is -0.359 e. The van der Waals surface area contributed by atoms with E-state index in [-0.39, 0.29) is 18.6 Å². The van der Waals surface area contributed by atoms with Gasteiger partial charge >= 0.3 is 15.2 Å². The minimum absolute atomic E-state index is 0.0705. The molecule has 0 spiro atoms. The fourth-order valence-electron chi connectivity index (χ4n) is 4.00. The summed E-state index contributed by atoms with van der Waals surface area (Å²) >= 11 is 0. The average Bonchev–Trinajstić information content (AvgIpc) is 2.74. The molecule has 0 radical (unpaired) electrons. The van der Waals surface area contributed by atoms with Crippen LogP contribution >= 0.6 is 15.2 Å². The predicted octanol–water partition coefficient (Wildman–Crippen LogP) is 8.23. The van der Waals surface area contributed by atoms with E-state index in [2.05, 4.69) is 20.8 Å². The zero-order chi connectivity index (χ0) is 31.1. The summed E-state index contributed by atoms with van der Waals surface area (Å²) in [5.74, 6) is 0. The van der Waals surface area contributed by atoms with Crippen molar-refractivity contribution in [1.82, 2.24) is 4.98 Å². The molecule has 40 heavy (non-hydrogen) atoms. The van der Waals surface area contributed by atoms with Crippen LogP contribution in [0.2, 0.25) is 0 Å². The minimum atomic E-state index is -4.05. The van der Waals surface area contributed by atoms with E-state index in [9.17, 15) is 9.13 Å². The Bertz CT molecular complexity index is 952. The molecule has 0 saturated carbocycles. The molecule has 1 rings (SSSR count). The summed E-state index contributed by atoms with van der Waals surface area (Å²) in [4.78, 5) is 5.00. The molecule has 0 unspecified atom stereocenters. The van der Waals surface area contributed by atoms with Gasteiger partial charge in [-0.15, -0.1) is 0 Å². The topological polar surface area (TPSA) is 102 Å². The normalized spacial score (nSPS) is 14.0. The molecule has 0 aliphatic rings. The van der Waals surface area contributed by atoms with E-state index < -0.39 is 50.4 Å². The van der Waals surface area contributed by atoms with Crippen molar-refractivity contribution in [2.75, 3.05) is 20.5 Å². The summed E-state index contributed by atoms with van der Waals surface area (Å²) in [5.41, 5.74) is 1.65. The van der Waals surface area contributed by atoms with Crippen molar-refractivity contribution in [3.8, 4) is 0 Å². The summed E-state index contributed by atoms with van der Waals surface area (Å²) in [7, 11) is -6.52. The van der Waals surface area contributed by atoms with E-state index in [4.69, 9.17) is 32.6 Å². The van der Waals surface area contributed by atoms with E-state index in [0.717, 1.165) is 17.0 Å². The highest BCUT2D eigenvalue weighted by atomic mass is 31.2. The van der Waals surface area contributed by atoms with Crippen LogP contribution in [0, 0.1) is 0 Å². The lowest BCUT2D eigenvalue weighted by Crippen LogP contribution is -2.29. The van der Waals surface area contributed by atoms with Crippen LogP contribution in [0.1, 0.15) is 107 Å². The van der Waals surface area contributed by atoms with Gasteiger partial charge in [0.15, 0.2) is 5.40 Å². The number of aromatic nitrogens is 1. The van der Waals surface area contributed by atoms with Crippen molar-refractivity contribution < 1.29 is 36.7 Å². The van der Waals surface area contributed by atoms with Crippen molar-refractivity contribution in [3.05, 3.63) is 29.1 Å². The molecule has 0 N–H and O–H groups in total. The summed E-state index contributed by atoms with van der Waals surface area (Å²) < 4.78 is 64.1. The largest absolute Gasteiger partial charge is 0.359 e. The SMILES string of the molecule is COCOCC(C)(C)c1cc(CC(P(=O)(OC(C)C)OC(C)C)P(=O)(OC(C)C)OC(C)C)cc(C(C)(C)C)n1. The van der Waals surface area contributed by atoms with Crippen molar-refractivity contribution in [2.45, 2.75) is 137 Å². The number of ether oxygens (including phenoxy) is 2. The lowest BCUT2D eigenvalue weighted by atomic mass is 9.85. The van der Waals surface area contributed by atoms with Crippen LogP contribution in [0.15, 0.2) is 12.1 Å². The Labute approximate surface area is 243 Å². The van der Waals surface area contributed by atoms with Gasteiger partial charge in [0.25, 0.3) is 0 Å². The molecule has 234 valence electrons. The number of rotatable bonds is 17. The van der Waals surface area contributed by atoms with Gasteiger partial charge < -0.3 is 27.6 Å². The van der Waals surface area contributed by atoms with Gasteiger partial charge in [-0.1, -0.05) is 34.6 Å². The fraction of sp³-hybridized carbons (Fsp3) is 0.828. The molecule has 1 aromatic heterocycles. The Morgan fingerprint density at radius 3 is 1.48 bits per heavy atom. The molecule has 0 aliphatic carbocycles. The highest BCUT2D eigenvalue weighted by molar-refractivity contribution is 7.72. The molecule has 0 atom stereocenters. The molecular formula is C29H55NO8P2. The molecule has 0 fully saturated rings. The maximum atomic E-state index is 14.7. The lowest BCUT2D eigenvalue weighted by Gasteiger charge is -2.35.